The van der Waals surface area contributed by atoms with Gasteiger partial charge >= 0.3 is 0 Å². The lowest BCUT2D eigenvalue weighted by Crippen LogP contribution is -2.56. The van der Waals surface area contributed by atoms with Crippen molar-refractivity contribution in [1.82, 2.24) is 4.90 Å². The van der Waals surface area contributed by atoms with Crippen molar-refractivity contribution in [3.05, 3.63) is 34.9 Å². The van der Waals surface area contributed by atoms with Crippen LogP contribution in [0.4, 0.5) is 0 Å². The van der Waals surface area contributed by atoms with Crippen LogP contribution in [0.25, 0.3) is 0 Å². The summed E-state index contributed by atoms with van der Waals surface area (Å²) in [7, 11) is 2.20. The van der Waals surface area contributed by atoms with Gasteiger partial charge in [-0.15, -0.1) is 0 Å². The van der Waals surface area contributed by atoms with E-state index in [2.05, 4.69) is 79.4 Å². The molecule has 2 unspecified atom stereocenters. The Balaban J connectivity index is 2.42. The Hall–Kier alpha value is -0.795. The van der Waals surface area contributed by atoms with Crippen molar-refractivity contribution >= 4 is 7.85 Å². The van der Waals surface area contributed by atoms with Crippen LogP contribution >= 0.6 is 0 Å². The summed E-state index contributed by atoms with van der Waals surface area (Å²) in [5, 5.41) is 0. The molecule has 2 atom stereocenters. The Labute approximate surface area is 164 Å². The quantitative estimate of drug-likeness (QED) is 0.419. The molecule has 0 spiro atoms. The molecule has 0 aromatic rings. The number of rotatable bonds is 9. The predicted octanol–water partition coefficient (Wildman–Crippen LogP) is 5.11. The lowest BCUT2D eigenvalue weighted by atomic mass is 9.86. The van der Waals surface area contributed by atoms with Gasteiger partial charge in [0.05, 0.1) is 5.60 Å². The van der Waals surface area contributed by atoms with E-state index < -0.39 is 0 Å². The van der Waals surface area contributed by atoms with Gasteiger partial charge in [-0.25, -0.2) is 0 Å². The zero-order chi connectivity index (χ0) is 19.7. The summed E-state index contributed by atoms with van der Waals surface area (Å²) in [6.07, 6.45) is 11.9. The fourth-order valence-corrected chi connectivity index (χ4v) is 3.49. The average molecular weight is 359 g/mol. The van der Waals surface area contributed by atoms with E-state index in [0.29, 0.717) is 11.9 Å². The Morgan fingerprint density at radius 1 is 1.08 bits per heavy atom. The molecule has 1 aliphatic rings. The Bertz CT molecular complexity index is 516. The van der Waals surface area contributed by atoms with Crippen LogP contribution in [0.1, 0.15) is 74.1 Å². The molecular weight excluding hydrogens is 317 g/mol. The summed E-state index contributed by atoms with van der Waals surface area (Å²) >= 11 is 0. The number of allylic oxidation sites excluding steroid dienone is 5. The van der Waals surface area contributed by atoms with Gasteiger partial charge in [-0.2, -0.15) is 0 Å². The molecule has 1 fully saturated rings. The topological polar surface area (TPSA) is 12.5 Å². The molecule has 0 aromatic carbocycles. The van der Waals surface area contributed by atoms with Gasteiger partial charge in [0.15, 0.2) is 0 Å². The normalized spacial score (nSPS) is 25.6. The summed E-state index contributed by atoms with van der Waals surface area (Å²) in [5.74, 6) is 0.539. The van der Waals surface area contributed by atoms with Gasteiger partial charge in [0.2, 0.25) is 0 Å². The summed E-state index contributed by atoms with van der Waals surface area (Å²) in [6.45, 7) is 18.8. The molecule has 0 saturated carbocycles. The number of nitrogens with zero attached hydrogens (tertiary/aromatic N) is 1. The van der Waals surface area contributed by atoms with Crippen molar-refractivity contribution in [2.75, 3.05) is 19.6 Å². The van der Waals surface area contributed by atoms with E-state index in [0.717, 1.165) is 26.1 Å². The van der Waals surface area contributed by atoms with E-state index in [9.17, 15) is 0 Å². The maximum absolute atomic E-state index is 6.24. The van der Waals surface area contributed by atoms with Gasteiger partial charge in [-0.05, 0) is 66.2 Å². The fraction of sp³-hybridized carbons (Fsp3) is 0.739. The monoisotopic (exact) mass is 359 g/mol. The third-order valence-electron chi connectivity index (χ3n) is 5.57. The number of morpholine rings is 1. The fourth-order valence-electron chi connectivity index (χ4n) is 3.49. The zero-order valence-electron chi connectivity index (χ0n) is 18.7. The Kier molecular flexibility index (Phi) is 9.96. The SMILES string of the molecule is BC1CN(C/C=C(\C)CC/C=C(\C)CCC=C(C)C)CC(C)(C(C)C)O1. The lowest BCUT2D eigenvalue weighted by Gasteiger charge is -2.46. The van der Waals surface area contributed by atoms with Crippen LogP contribution < -0.4 is 0 Å². The highest BCUT2D eigenvalue weighted by atomic mass is 16.5. The molecule has 1 aliphatic heterocycles. The maximum atomic E-state index is 6.24. The third kappa shape index (κ3) is 8.73. The molecule has 2 nitrogen and oxygen atoms in total. The van der Waals surface area contributed by atoms with Gasteiger partial charge in [0, 0.05) is 25.6 Å². The molecule has 0 N–H and O–H groups in total. The largest absolute Gasteiger partial charge is 0.378 e. The van der Waals surface area contributed by atoms with Crippen molar-refractivity contribution in [2.24, 2.45) is 5.92 Å². The highest BCUT2D eigenvalue weighted by Gasteiger charge is 2.37. The second-order valence-corrected chi connectivity index (χ2v) is 9.05. The first-order valence-corrected chi connectivity index (χ1v) is 10.5. The summed E-state index contributed by atoms with van der Waals surface area (Å²) in [5.41, 5.74) is 4.42. The molecule has 1 heterocycles. The number of ether oxygens (including phenoxy) is 1. The number of hydrogen-bond donors (Lipinski definition) is 0. The standard InChI is InChI=1S/C23H42BNO/c1-18(2)10-8-11-20(5)12-9-13-21(6)14-15-25-16-22(24)26-23(7,17-25)19(3)4/h10,12,14,19,22H,8-9,11,13,15-17,24H2,1-7H3/b20-12+,21-14+. The Morgan fingerprint density at radius 3 is 2.23 bits per heavy atom. The van der Waals surface area contributed by atoms with Crippen molar-refractivity contribution in [3.8, 4) is 0 Å². The number of hydrogen-bond acceptors (Lipinski definition) is 2. The molecule has 0 radical (unpaired) electrons. The molecule has 0 bridgehead atoms. The first-order valence-electron chi connectivity index (χ1n) is 10.5. The summed E-state index contributed by atoms with van der Waals surface area (Å²) < 4.78 is 6.24. The van der Waals surface area contributed by atoms with Crippen LogP contribution in [-0.4, -0.2) is 44.0 Å². The Morgan fingerprint density at radius 2 is 1.65 bits per heavy atom. The highest BCUT2D eigenvalue weighted by Crippen LogP contribution is 2.28. The van der Waals surface area contributed by atoms with Gasteiger partial charge in [0.1, 0.15) is 7.85 Å². The van der Waals surface area contributed by atoms with Gasteiger partial charge in [-0.1, -0.05) is 48.8 Å². The van der Waals surface area contributed by atoms with E-state index in [1.807, 2.05) is 0 Å². The van der Waals surface area contributed by atoms with E-state index >= 15 is 0 Å². The second-order valence-electron chi connectivity index (χ2n) is 9.05. The van der Waals surface area contributed by atoms with Crippen LogP contribution in [0, 0.1) is 5.92 Å². The lowest BCUT2D eigenvalue weighted by molar-refractivity contribution is -0.137. The van der Waals surface area contributed by atoms with E-state index in [4.69, 9.17) is 4.74 Å². The van der Waals surface area contributed by atoms with Crippen LogP contribution in [0.5, 0.6) is 0 Å². The van der Waals surface area contributed by atoms with Gasteiger partial charge < -0.3 is 4.74 Å². The second kappa shape index (κ2) is 11.1. The van der Waals surface area contributed by atoms with Crippen molar-refractivity contribution in [2.45, 2.75) is 85.8 Å². The van der Waals surface area contributed by atoms with Crippen LogP contribution in [-0.2, 0) is 4.74 Å². The smallest absolute Gasteiger partial charge is 0.140 e. The van der Waals surface area contributed by atoms with E-state index in [1.165, 1.54) is 36.0 Å². The molecule has 3 heteroatoms. The predicted molar refractivity (Wildman–Crippen MR) is 119 cm³/mol. The van der Waals surface area contributed by atoms with Crippen LogP contribution in [0.2, 0.25) is 0 Å². The minimum Gasteiger partial charge on any atom is -0.378 e. The summed E-state index contributed by atoms with van der Waals surface area (Å²) in [6, 6.07) is 0.316. The van der Waals surface area contributed by atoms with Gasteiger partial charge in [0.25, 0.3) is 0 Å². The molecule has 0 amide bonds. The molecule has 1 rings (SSSR count). The first kappa shape index (κ1) is 23.2. The minimum atomic E-state index is -0.0233. The molecule has 26 heavy (non-hydrogen) atoms. The van der Waals surface area contributed by atoms with Crippen LogP contribution in [0.15, 0.2) is 34.9 Å². The molecule has 0 aliphatic carbocycles. The first-order chi connectivity index (χ1) is 12.1. The van der Waals surface area contributed by atoms with Crippen molar-refractivity contribution in [3.63, 3.8) is 0 Å². The average Bonchev–Trinajstić information content (AvgIpc) is 2.51. The summed E-state index contributed by atoms with van der Waals surface area (Å²) in [4.78, 5) is 2.55. The maximum Gasteiger partial charge on any atom is 0.140 e. The molecular formula is C23H42BNO. The molecule has 0 aromatic heterocycles. The van der Waals surface area contributed by atoms with Crippen LogP contribution in [0.3, 0.4) is 0 Å². The van der Waals surface area contributed by atoms with E-state index in [-0.39, 0.29) is 5.60 Å². The molecule has 1 saturated heterocycles. The van der Waals surface area contributed by atoms with Gasteiger partial charge in [-0.3, -0.25) is 4.90 Å². The zero-order valence-corrected chi connectivity index (χ0v) is 18.7. The minimum absolute atomic E-state index is 0.0233. The van der Waals surface area contributed by atoms with E-state index in [1.54, 1.807) is 0 Å². The highest BCUT2D eigenvalue weighted by molar-refractivity contribution is 6.11. The third-order valence-corrected chi connectivity index (χ3v) is 5.57. The molecule has 148 valence electrons. The van der Waals surface area contributed by atoms with Crippen molar-refractivity contribution in [1.29, 1.82) is 0 Å². The van der Waals surface area contributed by atoms with Crippen molar-refractivity contribution < 1.29 is 4.74 Å².